The lowest BCUT2D eigenvalue weighted by Crippen LogP contribution is -2.38. The summed E-state index contributed by atoms with van der Waals surface area (Å²) in [6, 6.07) is 11.3. The van der Waals surface area contributed by atoms with Crippen LogP contribution in [0.5, 0.6) is 0 Å². The summed E-state index contributed by atoms with van der Waals surface area (Å²) in [6.07, 6.45) is 0.915. The summed E-state index contributed by atoms with van der Waals surface area (Å²) < 4.78 is 39.2. The van der Waals surface area contributed by atoms with Crippen LogP contribution in [0.3, 0.4) is 0 Å². The van der Waals surface area contributed by atoms with Crippen molar-refractivity contribution >= 4 is 47.6 Å². The number of anilines is 2. The van der Waals surface area contributed by atoms with Gasteiger partial charge in [-0.3, -0.25) is 4.90 Å². The number of nitrogens with zero attached hydrogens (tertiary/aromatic N) is 4. The van der Waals surface area contributed by atoms with Crippen molar-refractivity contribution in [3.8, 4) is 0 Å². The first-order valence-electron chi connectivity index (χ1n) is 11.7. The van der Waals surface area contributed by atoms with Gasteiger partial charge < -0.3 is 15.6 Å². The van der Waals surface area contributed by atoms with Crippen LogP contribution in [0.2, 0.25) is 0 Å². The van der Waals surface area contributed by atoms with Gasteiger partial charge in [-0.1, -0.05) is 17.6 Å². The van der Waals surface area contributed by atoms with Crippen LogP contribution >= 0.6 is 0 Å². The van der Waals surface area contributed by atoms with E-state index in [4.69, 9.17) is 13.3 Å². The van der Waals surface area contributed by atoms with Crippen molar-refractivity contribution in [3.63, 3.8) is 0 Å². The van der Waals surface area contributed by atoms with E-state index in [-0.39, 0.29) is 12.8 Å². The minimum Gasteiger partial charge on any atom is -0.383 e. The van der Waals surface area contributed by atoms with Gasteiger partial charge >= 0.3 is 6.18 Å². The maximum Gasteiger partial charge on any atom is 0.391 e. The highest BCUT2D eigenvalue weighted by molar-refractivity contribution is 6.33. The first-order chi connectivity index (χ1) is 17.1. The Morgan fingerprint density at radius 1 is 1.19 bits per heavy atom. The standard InChI is InChI=1S/C26H28BF3N6/c1-35(2)16-20(13-31)18-9-17(15-36-7-5-21(6-8-36)26(28,29)30)10-23(12-18)33-25-32-14-19-11-22(27)3-4-24(19)34-25/h3-4,9-14,16,21,31H,5-8,15H2,1-2H3,(H,32,33,34)/b20-16+,31-13?. The Morgan fingerprint density at radius 3 is 2.61 bits per heavy atom. The lowest BCUT2D eigenvalue weighted by molar-refractivity contribution is -0.185. The van der Waals surface area contributed by atoms with E-state index in [0.29, 0.717) is 36.6 Å². The van der Waals surface area contributed by atoms with Crippen LogP contribution in [0.4, 0.5) is 24.8 Å². The number of piperidine rings is 1. The van der Waals surface area contributed by atoms with E-state index in [1.807, 2.05) is 60.4 Å². The number of allylic oxidation sites excluding steroid dienone is 1. The van der Waals surface area contributed by atoms with Gasteiger partial charge in [0.15, 0.2) is 0 Å². The second-order valence-electron chi connectivity index (χ2n) is 9.34. The lowest BCUT2D eigenvalue weighted by Gasteiger charge is -2.33. The first kappa shape index (κ1) is 25.7. The summed E-state index contributed by atoms with van der Waals surface area (Å²) in [4.78, 5) is 12.9. The molecule has 4 rings (SSSR count). The highest BCUT2D eigenvalue weighted by atomic mass is 19.4. The third kappa shape index (κ3) is 6.43. The number of halogens is 3. The Balaban J connectivity index is 1.61. The monoisotopic (exact) mass is 492 g/mol. The Kier molecular flexibility index (Phi) is 7.63. The number of aromatic nitrogens is 2. The van der Waals surface area contributed by atoms with E-state index in [9.17, 15) is 13.2 Å². The van der Waals surface area contributed by atoms with Crippen LogP contribution in [-0.4, -0.2) is 67.2 Å². The summed E-state index contributed by atoms with van der Waals surface area (Å²) in [6.45, 7) is 1.29. The molecule has 2 aromatic carbocycles. The van der Waals surface area contributed by atoms with Gasteiger partial charge in [0, 0.05) is 55.9 Å². The normalized spacial score (nSPS) is 15.8. The molecule has 186 valence electrons. The summed E-state index contributed by atoms with van der Waals surface area (Å²) in [7, 11) is 9.61. The van der Waals surface area contributed by atoms with Gasteiger partial charge in [0.25, 0.3) is 0 Å². The predicted molar refractivity (Wildman–Crippen MR) is 139 cm³/mol. The van der Waals surface area contributed by atoms with Crippen LogP contribution in [-0.2, 0) is 6.54 Å². The first-order valence-corrected chi connectivity index (χ1v) is 11.7. The summed E-state index contributed by atoms with van der Waals surface area (Å²) in [5.74, 6) is -0.820. The van der Waals surface area contributed by atoms with E-state index in [1.54, 1.807) is 12.3 Å². The number of rotatable bonds is 7. The lowest BCUT2D eigenvalue weighted by atomic mass is 9.95. The fourth-order valence-corrected chi connectivity index (χ4v) is 4.41. The van der Waals surface area contributed by atoms with Gasteiger partial charge in [-0.15, -0.1) is 0 Å². The zero-order valence-electron chi connectivity index (χ0n) is 20.3. The fourth-order valence-electron chi connectivity index (χ4n) is 4.41. The topological polar surface area (TPSA) is 68.1 Å². The summed E-state index contributed by atoms with van der Waals surface area (Å²) in [5, 5.41) is 12.0. The van der Waals surface area contributed by atoms with Crippen molar-refractivity contribution < 1.29 is 13.2 Å². The number of fused-ring (bicyclic) bond motifs is 1. The van der Waals surface area contributed by atoms with Crippen LogP contribution in [0.1, 0.15) is 24.0 Å². The molecule has 6 nitrogen and oxygen atoms in total. The molecule has 0 bridgehead atoms. The second-order valence-corrected chi connectivity index (χ2v) is 9.34. The summed E-state index contributed by atoms with van der Waals surface area (Å²) >= 11 is 0. The zero-order valence-corrected chi connectivity index (χ0v) is 20.3. The molecule has 0 aliphatic carbocycles. The highest BCUT2D eigenvalue weighted by Gasteiger charge is 2.40. The molecule has 1 saturated heterocycles. The number of alkyl halides is 3. The molecule has 1 fully saturated rings. The third-order valence-electron chi connectivity index (χ3n) is 6.20. The van der Waals surface area contributed by atoms with Gasteiger partial charge in [-0.2, -0.15) is 13.2 Å². The smallest absolute Gasteiger partial charge is 0.383 e. The average molecular weight is 492 g/mol. The van der Waals surface area contributed by atoms with E-state index < -0.39 is 12.1 Å². The van der Waals surface area contributed by atoms with Gasteiger partial charge in [-0.05, 0) is 61.3 Å². The molecule has 2 N–H and O–H groups in total. The maximum atomic E-state index is 13.1. The minimum absolute atomic E-state index is 0.107. The second kappa shape index (κ2) is 10.7. The molecule has 2 heterocycles. The molecule has 3 aromatic rings. The van der Waals surface area contributed by atoms with Crippen molar-refractivity contribution in [3.05, 3.63) is 59.9 Å². The maximum absolute atomic E-state index is 13.1. The van der Waals surface area contributed by atoms with Crippen LogP contribution in [0, 0.1) is 11.3 Å². The molecular weight excluding hydrogens is 464 g/mol. The van der Waals surface area contributed by atoms with Crippen molar-refractivity contribution in [1.82, 2.24) is 19.8 Å². The minimum atomic E-state index is -4.13. The molecule has 0 saturated carbocycles. The molecule has 0 amide bonds. The zero-order chi connectivity index (χ0) is 25.9. The van der Waals surface area contributed by atoms with Gasteiger partial charge in [0.1, 0.15) is 7.85 Å². The molecule has 0 unspecified atom stereocenters. The van der Waals surface area contributed by atoms with Gasteiger partial charge in [0.2, 0.25) is 5.95 Å². The molecule has 1 aliphatic heterocycles. The van der Waals surface area contributed by atoms with Crippen molar-refractivity contribution in [1.29, 1.82) is 5.41 Å². The van der Waals surface area contributed by atoms with Crippen molar-refractivity contribution in [2.45, 2.75) is 25.6 Å². The van der Waals surface area contributed by atoms with Gasteiger partial charge in [-0.25, -0.2) is 9.97 Å². The predicted octanol–water partition coefficient (Wildman–Crippen LogP) is 4.49. The Labute approximate surface area is 210 Å². The molecule has 0 atom stereocenters. The molecule has 1 aromatic heterocycles. The molecule has 36 heavy (non-hydrogen) atoms. The van der Waals surface area contributed by atoms with Crippen LogP contribution in [0.25, 0.3) is 16.5 Å². The number of hydrogen-bond acceptors (Lipinski definition) is 6. The molecule has 1 aliphatic rings. The average Bonchev–Trinajstić information content (AvgIpc) is 2.82. The van der Waals surface area contributed by atoms with E-state index in [0.717, 1.165) is 27.7 Å². The van der Waals surface area contributed by atoms with Crippen molar-refractivity contribution in [2.75, 3.05) is 32.5 Å². The Hall–Kier alpha value is -3.40. The molecular formula is C26H28BF3N6. The third-order valence-corrected chi connectivity index (χ3v) is 6.20. The summed E-state index contributed by atoms with van der Waals surface area (Å²) in [5.41, 5.74) is 4.57. The number of hydrogen-bond donors (Lipinski definition) is 2. The molecule has 10 heteroatoms. The SMILES string of the molecule is [B]c1ccc2nc(Nc3cc(CN4CCC(C(F)(F)F)CC4)cc(/C(C=N)=C/N(C)C)c3)ncc2c1. The van der Waals surface area contributed by atoms with Crippen LogP contribution in [0.15, 0.2) is 48.8 Å². The number of nitrogens with one attached hydrogen (secondary N) is 2. The largest absolute Gasteiger partial charge is 0.391 e. The fraction of sp³-hybridized carbons (Fsp3) is 0.346. The Morgan fingerprint density at radius 2 is 1.94 bits per heavy atom. The van der Waals surface area contributed by atoms with Crippen LogP contribution < -0.4 is 10.8 Å². The van der Waals surface area contributed by atoms with E-state index in [2.05, 4.69) is 15.3 Å². The van der Waals surface area contributed by atoms with E-state index >= 15 is 0 Å². The Bertz CT molecular complexity index is 1270. The molecule has 2 radical (unpaired) electrons. The van der Waals surface area contributed by atoms with Crippen molar-refractivity contribution in [2.24, 2.45) is 5.92 Å². The quantitative estimate of drug-likeness (QED) is 0.376. The number of benzene rings is 2. The molecule has 0 spiro atoms. The number of likely N-dealkylation sites (tertiary alicyclic amines) is 1. The van der Waals surface area contributed by atoms with E-state index in [1.165, 1.54) is 6.21 Å². The van der Waals surface area contributed by atoms with Gasteiger partial charge in [0.05, 0.1) is 11.4 Å². The highest BCUT2D eigenvalue weighted by Crippen LogP contribution is 2.34.